The summed E-state index contributed by atoms with van der Waals surface area (Å²) in [6.45, 7) is 7.03. The van der Waals surface area contributed by atoms with Crippen molar-refractivity contribution in [2.45, 2.75) is 23.1 Å². The quantitative estimate of drug-likeness (QED) is 0.283. The van der Waals surface area contributed by atoms with Crippen LogP contribution in [-0.2, 0) is 14.8 Å². The average molecular weight is 475 g/mol. The lowest BCUT2D eigenvalue weighted by Crippen LogP contribution is -2.38. The Labute approximate surface area is 190 Å². The summed E-state index contributed by atoms with van der Waals surface area (Å²) in [6, 6.07) is 13.5. The summed E-state index contributed by atoms with van der Waals surface area (Å²) in [5, 5.41) is 10.9. The highest BCUT2D eigenvalue weighted by Gasteiger charge is 2.27. The second-order valence-corrected chi connectivity index (χ2v) is 10.8. The van der Waals surface area contributed by atoms with Crippen LogP contribution in [0.15, 0.2) is 70.4 Å². The third kappa shape index (κ3) is 5.93. The number of aryl methyl sites for hydroxylation is 2. The number of aromatic nitrogens is 2. The number of amides is 1. The van der Waals surface area contributed by atoms with Crippen molar-refractivity contribution in [1.29, 1.82) is 0 Å². The fourth-order valence-electron chi connectivity index (χ4n) is 2.87. The van der Waals surface area contributed by atoms with Gasteiger partial charge in [-0.2, -0.15) is 0 Å². The Hall–Kier alpha value is -2.69. The van der Waals surface area contributed by atoms with Gasteiger partial charge in [0.25, 0.3) is 10.0 Å². The minimum atomic E-state index is -3.96. The average Bonchev–Trinajstić information content (AvgIpc) is 3.17. The first-order valence-corrected chi connectivity index (χ1v) is 12.6. The number of nitrogens with zero attached hydrogens (tertiary/aromatic N) is 3. The molecule has 0 saturated heterocycles. The molecule has 162 valence electrons. The van der Waals surface area contributed by atoms with Crippen LogP contribution in [0.4, 0.5) is 10.8 Å². The van der Waals surface area contributed by atoms with Gasteiger partial charge >= 0.3 is 0 Å². The highest BCUT2D eigenvalue weighted by molar-refractivity contribution is 8.01. The zero-order valence-corrected chi connectivity index (χ0v) is 19.6. The van der Waals surface area contributed by atoms with Gasteiger partial charge in [-0.1, -0.05) is 53.4 Å². The van der Waals surface area contributed by atoms with Crippen LogP contribution in [0.5, 0.6) is 0 Å². The Bertz CT molecular complexity index is 1160. The second-order valence-electron chi connectivity index (χ2n) is 6.69. The molecule has 1 aromatic heterocycles. The van der Waals surface area contributed by atoms with Crippen molar-refractivity contribution in [2.75, 3.05) is 21.9 Å². The van der Waals surface area contributed by atoms with Crippen LogP contribution in [-0.4, -0.2) is 36.8 Å². The summed E-state index contributed by atoms with van der Waals surface area (Å²) in [6.07, 6.45) is 1.75. The van der Waals surface area contributed by atoms with Gasteiger partial charge in [0, 0.05) is 5.75 Å². The Morgan fingerprint density at radius 1 is 1.16 bits per heavy atom. The summed E-state index contributed by atoms with van der Waals surface area (Å²) in [5.74, 6) is 0.174. The molecule has 7 nitrogen and oxygen atoms in total. The van der Waals surface area contributed by atoms with Crippen molar-refractivity contribution >= 4 is 49.8 Å². The van der Waals surface area contributed by atoms with Crippen LogP contribution in [0.3, 0.4) is 0 Å². The van der Waals surface area contributed by atoms with E-state index in [-0.39, 0.29) is 4.90 Å². The van der Waals surface area contributed by atoms with Crippen molar-refractivity contribution in [1.82, 2.24) is 10.2 Å². The van der Waals surface area contributed by atoms with Crippen LogP contribution in [0.2, 0.25) is 0 Å². The molecule has 3 aromatic rings. The van der Waals surface area contributed by atoms with Crippen molar-refractivity contribution in [3.8, 4) is 0 Å². The molecule has 10 heteroatoms. The van der Waals surface area contributed by atoms with E-state index in [1.807, 2.05) is 19.9 Å². The number of nitrogens with one attached hydrogen (secondary N) is 1. The standard InChI is InChI=1S/C21H22N4O3S3/c1-4-10-29-21-24-23-20(30-21)22-19(26)14-25(17-12-15(2)11-16(3)13-17)31(27,28)18-8-6-5-7-9-18/h4-9,11-13H,1,10,14H2,2-3H3,(H,22,23,26). The van der Waals surface area contributed by atoms with E-state index in [1.165, 1.54) is 35.2 Å². The molecule has 0 saturated carbocycles. The van der Waals surface area contributed by atoms with Crippen molar-refractivity contribution in [3.05, 3.63) is 72.3 Å². The van der Waals surface area contributed by atoms with Crippen LogP contribution in [0.25, 0.3) is 0 Å². The highest BCUT2D eigenvalue weighted by atomic mass is 32.2. The summed E-state index contributed by atoms with van der Waals surface area (Å²) in [7, 11) is -3.96. The number of sulfonamides is 1. The van der Waals surface area contributed by atoms with Gasteiger partial charge in [0.1, 0.15) is 6.54 Å². The molecule has 1 heterocycles. The zero-order chi connectivity index (χ0) is 22.4. The molecule has 0 spiro atoms. The number of hydrogen-bond donors (Lipinski definition) is 1. The summed E-state index contributed by atoms with van der Waals surface area (Å²) in [5.41, 5.74) is 2.23. The number of rotatable bonds is 9. The normalized spacial score (nSPS) is 11.2. The summed E-state index contributed by atoms with van der Waals surface area (Å²) >= 11 is 2.68. The van der Waals surface area contributed by atoms with E-state index >= 15 is 0 Å². The first-order chi connectivity index (χ1) is 14.8. The molecule has 0 radical (unpaired) electrons. The van der Waals surface area contributed by atoms with E-state index in [4.69, 9.17) is 0 Å². The Morgan fingerprint density at radius 2 is 1.84 bits per heavy atom. The lowest BCUT2D eigenvalue weighted by Gasteiger charge is -2.24. The van der Waals surface area contributed by atoms with E-state index in [9.17, 15) is 13.2 Å². The maximum Gasteiger partial charge on any atom is 0.264 e. The van der Waals surface area contributed by atoms with E-state index in [1.54, 1.807) is 36.4 Å². The van der Waals surface area contributed by atoms with E-state index in [0.717, 1.165) is 15.4 Å². The number of carbonyl (C=O) groups excluding carboxylic acids is 1. The second kappa shape index (κ2) is 10.1. The minimum absolute atomic E-state index is 0.112. The number of anilines is 2. The monoisotopic (exact) mass is 474 g/mol. The highest BCUT2D eigenvalue weighted by Crippen LogP contribution is 2.27. The number of hydrogen-bond acceptors (Lipinski definition) is 7. The number of thioether (sulfide) groups is 1. The van der Waals surface area contributed by atoms with E-state index in [0.29, 0.717) is 20.9 Å². The largest absolute Gasteiger partial charge is 0.299 e. The van der Waals surface area contributed by atoms with Crippen LogP contribution >= 0.6 is 23.1 Å². The van der Waals surface area contributed by atoms with Crippen LogP contribution in [0, 0.1) is 13.8 Å². The lowest BCUT2D eigenvalue weighted by atomic mass is 10.1. The third-order valence-corrected chi connectivity index (χ3v) is 7.85. The van der Waals surface area contributed by atoms with Crippen molar-refractivity contribution in [3.63, 3.8) is 0 Å². The SMILES string of the molecule is C=CCSc1nnc(NC(=O)CN(c2cc(C)cc(C)c2)S(=O)(=O)c2ccccc2)s1. The summed E-state index contributed by atoms with van der Waals surface area (Å²) < 4.78 is 28.6. The molecule has 31 heavy (non-hydrogen) atoms. The van der Waals surface area contributed by atoms with Gasteiger partial charge in [0.2, 0.25) is 11.0 Å². The Balaban J connectivity index is 1.89. The first-order valence-electron chi connectivity index (χ1n) is 9.33. The van der Waals surface area contributed by atoms with Crippen LogP contribution in [0.1, 0.15) is 11.1 Å². The third-order valence-electron chi connectivity index (χ3n) is 4.09. The molecular weight excluding hydrogens is 452 g/mol. The number of benzene rings is 2. The van der Waals surface area contributed by atoms with Gasteiger partial charge in [-0.3, -0.25) is 14.4 Å². The Morgan fingerprint density at radius 3 is 2.48 bits per heavy atom. The molecule has 3 rings (SSSR count). The molecule has 0 bridgehead atoms. The smallest absolute Gasteiger partial charge is 0.264 e. The molecule has 2 aromatic carbocycles. The van der Waals surface area contributed by atoms with Crippen molar-refractivity contribution in [2.24, 2.45) is 0 Å². The predicted molar refractivity (Wildman–Crippen MR) is 126 cm³/mol. The van der Waals surface area contributed by atoms with Gasteiger partial charge in [-0.05, 0) is 49.2 Å². The topological polar surface area (TPSA) is 92.3 Å². The molecule has 0 fully saturated rings. The molecule has 0 unspecified atom stereocenters. The first kappa shape index (κ1) is 23.0. The van der Waals surface area contributed by atoms with Crippen molar-refractivity contribution < 1.29 is 13.2 Å². The van der Waals surface area contributed by atoms with Gasteiger partial charge < -0.3 is 0 Å². The molecule has 0 atom stereocenters. The molecular formula is C21H22N4O3S3. The van der Waals surface area contributed by atoms with Gasteiger partial charge in [0.05, 0.1) is 10.6 Å². The minimum Gasteiger partial charge on any atom is -0.299 e. The maximum atomic E-state index is 13.4. The Kier molecular flexibility index (Phi) is 7.47. The maximum absolute atomic E-state index is 13.4. The van der Waals surface area contributed by atoms with Crippen LogP contribution < -0.4 is 9.62 Å². The predicted octanol–water partition coefficient (Wildman–Crippen LogP) is 4.27. The van der Waals surface area contributed by atoms with E-state index in [2.05, 4.69) is 22.1 Å². The molecule has 1 N–H and O–H groups in total. The lowest BCUT2D eigenvalue weighted by molar-refractivity contribution is -0.114. The van der Waals surface area contributed by atoms with Gasteiger partial charge in [-0.15, -0.1) is 16.8 Å². The molecule has 1 amide bonds. The van der Waals surface area contributed by atoms with Gasteiger partial charge in [0.15, 0.2) is 4.34 Å². The molecule has 0 aliphatic rings. The fraction of sp³-hybridized carbons (Fsp3) is 0.190. The fourth-order valence-corrected chi connectivity index (χ4v) is 5.82. The zero-order valence-electron chi connectivity index (χ0n) is 17.1. The summed E-state index contributed by atoms with van der Waals surface area (Å²) in [4.78, 5) is 12.9. The van der Waals surface area contributed by atoms with Gasteiger partial charge in [-0.25, -0.2) is 8.42 Å². The molecule has 0 aliphatic heterocycles. The number of carbonyl (C=O) groups is 1. The van der Waals surface area contributed by atoms with E-state index < -0.39 is 22.5 Å². The molecule has 0 aliphatic carbocycles.